The third-order valence-electron chi connectivity index (χ3n) is 0.918. The molecule has 0 atom stereocenters. The molecule has 0 spiro atoms. The van der Waals surface area contributed by atoms with E-state index in [2.05, 4.69) is 6.58 Å². The third kappa shape index (κ3) is 3.05. The van der Waals surface area contributed by atoms with Gasteiger partial charge in [-0.3, -0.25) is 0 Å². The molecule has 8 heavy (non-hydrogen) atoms. The smallest absolute Gasteiger partial charge is 0.122 e. The van der Waals surface area contributed by atoms with E-state index in [1.165, 1.54) is 0 Å². The number of hydrogen-bond donors (Lipinski definition) is 0. The highest BCUT2D eigenvalue weighted by Gasteiger charge is 2.10. The Hall–Kier alpha value is -0.0100. The van der Waals surface area contributed by atoms with Crippen molar-refractivity contribution in [2.45, 2.75) is 19.4 Å². The SMILES string of the molecule is C=CC(C)(C)OCCl. The molecule has 0 saturated carbocycles. The molecule has 0 heterocycles. The zero-order valence-corrected chi connectivity index (χ0v) is 6.03. The minimum Gasteiger partial charge on any atom is -0.356 e. The molecule has 0 aliphatic heterocycles. The van der Waals surface area contributed by atoms with E-state index in [4.69, 9.17) is 16.3 Å². The standard InChI is InChI=1S/C6H11ClO/c1-4-6(2,3)8-5-7/h4H,1,5H2,2-3H3. The third-order valence-corrected chi connectivity index (χ3v) is 1.03. The van der Waals surface area contributed by atoms with Crippen LogP contribution in [0.3, 0.4) is 0 Å². The maximum atomic E-state index is 5.29. The van der Waals surface area contributed by atoms with Crippen LogP contribution in [0.4, 0.5) is 0 Å². The van der Waals surface area contributed by atoms with Crippen molar-refractivity contribution in [3.8, 4) is 0 Å². The van der Waals surface area contributed by atoms with Gasteiger partial charge < -0.3 is 4.74 Å². The van der Waals surface area contributed by atoms with E-state index in [9.17, 15) is 0 Å². The zero-order valence-electron chi connectivity index (χ0n) is 5.28. The minimum atomic E-state index is -0.276. The Kier molecular flexibility index (Phi) is 3.10. The molecule has 1 nitrogen and oxygen atoms in total. The van der Waals surface area contributed by atoms with Gasteiger partial charge in [0.05, 0.1) is 5.60 Å². The van der Waals surface area contributed by atoms with Crippen molar-refractivity contribution in [3.05, 3.63) is 12.7 Å². The normalized spacial score (nSPS) is 11.4. The Morgan fingerprint density at radius 3 is 2.38 bits per heavy atom. The first kappa shape index (κ1) is 7.99. The van der Waals surface area contributed by atoms with E-state index in [-0.39, 0.29) is 11.7 Å². The van der Waals surface area contributed by atoms with Crippen LogP contribution in [0.2, 0.25) is 0 Å². The lowest BCUT2D eigenvalue weighted by Gasteiger charge is -2.17. The highest BCUT2D eigenvalue weighted by atomic mass is 35.5. The summed E-state index contributed by atoms with van der Waals surface area (Å²) in [4.78, 5) is 0. The molecule has 0 aliphatic carbocycles. The fourth-order valence-electron chi connectivity index (χ4n) is 0.200. The fourth-order valence-corrected chi connectivity index (χ4v) is 0.481. The lowest BCUT2D eigenvalue weighted by atomic mass is 10.1. The predicted octanol–water partition coefficient (Wildman–Crippen LogP) is 2.16. The lowest BCUT2D eigenvalue weighted by molar-refractivity contribution is 0.0514. The van der Waals surface area contributed by atoms with Crippen LogP contribution in [0.1, 0.15) is 13.8 Å². The van der Waals surface area contributed by atoms with Crippen LogP contribution < -0.4 is 0 Å². The summed E-state index contributed by atoms with van der Waals surface area (Å²) >= 11 is 5.29. The molecule has 0 amide bonds. The largest absolute Gasteiger partial charge is 0.356 e. The molecule has 0 aromatic carbocycles. The van der Waals surface area contributed by atoms with Gasteiger partial charge in [-0.05, 0) is 13.8 Å². The van der Waals surface area contributed by atoms with Gasteiger partial charge in [-0.15, -0.1) is 6.58 Å². The average Bonchev–Trinajstić information content (AvgIpc) is 1.67. The number of alkyl halides is 1. The molecular formula is C6H11ClO. The van der Waals surface area contributed by atoms with E-state index in [1.54, 1.807) is 6.08 Å². The summed E-state index contributed by atoms with van der Waals surface area (Å²) in [5.41, 5.74) is -0.276. The van der Waals surface area contributed by atoms with Gasteiger partial charge in [0.25, 0.3) is 0 Å². The molecule has 0 fully saturated rings. The Morgan fingerprint density at radius 1 is 1.75 bits per heavy atom. The first-order valence-electron chi connectivity index (χ1n) is 2.46. The summed E-state index contributed by atoms with van der Waals surface area (Å²) in [6.07, 6.45) is 1.72. The topological polar surface area (TPSA) is 9.23 Å². The zero-order chi connectivity index (χ0) is 6.62. The molecule has 0 unspecified atom stereocenters. The Bertz CT molecular complexity index is 78.6. The second kappa shape index (κ2) is 3.10. The quantitative estimate of drug-likeness (QED) is 0.425. The summed E-state index contributed by atoms with van der Waals surface area (Å²) < 4.78 is 5.03. The van der Waals surface area contributed by atoms with Crippen molar-refractivity contribution in [1.29, 1.82) is 0 Å². The van der Waals surface area contributed by atoms with E-state index in [0.29, 0.717) is 0 Å². The molecular weight excluding hydrogens is 124 g/mol. The fraction of sp³-hybridized carbons (Fsp3) is 0.667. The molecule has 0 radical (unpaired) electrons. The van der Waals surface area contributed by atoms with Gasteiger partial charge in [0.1, 0.15) is 6.07 Å². The summed E-state index contributed by atoms with van der Waals surface area (Å²) in [5.74, 6) is 0. The number of ether oxygens (including phenoxy) is 1. The first-order chi connectivity index (χ1) is 3.62. The Labute approximate surface area is 55.3 Å². The monoisotopic (exact) mass is 134 g/mol. The molecule has 0 aliphatic rings. The molecule has 0 aromatic rings. The van der Waals surface area contributed by atoms with Crippen LogP contribution in [-0.4, -0.2) is 11.7 Å². The second-order valence-electron chi connectivity index (χ2n) is 2.06. The van der Waals surface area contributed by atoms with Gasteiger partial charge in [-0.25, -0.2) is 0 Å². The van der Waals surface area contributed by atoms with Crippen LogP contribution in [0.5, 0.6) is 0 Å². The van der Waals surface area contributed by atoms with Crippen LogP contribution >= 0.6 is 11.6 Å². The number of hydrogen-bond acceptors (Lipinski definition) is 1. The van der Waals surface area contributed by atoms with E-state index < -0.39 is 0 Å². The summed E-state index contributed by atoms with van der Waals surface area (Å²) in [7, 11) is 0. The number of halogens is 1. The van der Waals surface area contributed by atoms with Crippen molar-refractivity contribution in [2.24, 2.45) is 0 Å². The second-order valence-corrected chi connectivity index (χ2v) is 2.28. The Morgan fingerprint density at radius 2 is 2.25 bits per heavy atom. The van der Waals surface area contributed by atoms with Crippen molar-refractivity contribution in [3.63, 3.8) is 0 Å². The van der Waals surface area contributed by atoms with Crippen LogP contribution in [0.15, 0.2) is 12.7 Å². The summed E-state index contributed by atoms with van der Waals surface area (Å²) in [5, 5.41) is 0. The van der Waals surface area contributed by atoms with Crippen molar-refractivity contribution < 1.29 is 4.74 Å². The van der Waals surface area contributed by atoms with Crippen molar-refractivity contribution in [1.82, 2.24) is 0 Å². The maximum absolute atomic E-state index is 5.29. The van der Waals surface area contributed by atoms with Crippen LogP contribution in [0, 0.1) is 0 Å². The minimum absolute atomic E-state index is 0.221. The highest BCUT2D eigenvalue weighted by Crippen LogP contribution is 2.09. The molecule has 48 valence electrons. The van der Waals surface area contributed by atoms with E-state index >= 15 is 0 Å². The van der Waals surface area contributed by atoms with Gasteiger partial charge in [0.2, 0.25) is 0 Å². The van der Waals surface area contributed by atoms with Gasteiger partial charge in [-0.1, -0.05) is 17.7 Å². The van der Waals surface area contributed by atoms with Gasteiger partial charge >= 0.3 is 0 Å². The predicted molar refractivity (Wildman–Crippen MR) is 36.1 cm³/mol. The summed E-state index contributed by atoms with van der Waals surface area (Å²) in [6, 6.07) is 0.221. The van der Waals surface area contributed by atoms with Gasteiger partial charge in [0.15, 0.2) is 0 Å². The lowest BCUT2D eigenvalue weighted by Crippen LogP contribution is -2.19. The first-order valence-corrected chi connectivity index (χ1v) is 2.99. The van der Waals surface area contributed by atoms with Crippen LogP contribution in [-0.2, 0) is 4.74 Å². The molecule has 0 N–H and O–H groups in total. The molecule has 0 bridgehead atoms. The highest BCUT2D eigenvalue weighted by molar-refractivity contribution is 6.17. The molecule has 2 heteroatoms. The van der Waals surface area contributed by atoms with Crippen LogP contribution in [0.25, 0.3) is 0 Å². The van der Waals surface area contributed by atoms with Crippen molar-refractivity contribution >= 4 is 11.6 Å². The van der Waals surface area contributed by atoms with E-state index in [1.807, 2.05) is 13.8 Å². The van der Waals surface area contributed by atoms with Crippen molar-refractivity contribution in [2.75, 3.05) is 6.07 Å². The molecule has 0 aromatic heterocycles. The van der Waals surface area contributed by atoms with Gasteiger partial charge in [0, 0.05) is 0 Å². The Balaban J connectivity index is 3.53. The molecule has 0 saturated heterocycles. The maximum Gasteiger partial charge on any atom is 0.122 e. The molecule has 0 rings (SSSR count). The van der Waals surface area contributed by atoms with E-state index in [0.717, 1.165) is 0 Å². The van der Waals surface area contributed by atoms with Gasteiger partial charge in [-0.2, -0.15) is 0 Å². The summed E-state index contributed by atoms with van der Waals surface area (Å²) in [6.45, 7) is 7.38. The average molecular weight is 135 g/mol. The number of rotatable bonds is 3.